The van der Waals surface area contributed by atoms with E-state index in [2.05, 4.69) is 47.0 Å². The molecule has 0 fully saturated rings. The van der Waals surface area contributed by atoms with Gasteiger partial charge in [0.1, 0.15) is 31.9 Å². The molecule has 0 radical (unpaired) electrons. The Bertz CT molecular complexity index is 2140. The smallest absolute Gasteiger partial charge is 0.407 e. The minimum Gasteiger partial charge on any atom is -0.480 e. The SMILES string of the molecule is CCC(=O)N(CCNC(=O)OCC1c2ccccc2-c2ccccc21)CC(=O)O.CCC(=O)N(CCNC(=O)OCC1c2ccccc2-c2ccccc21)CC(=O)OC(C)(C)C. The standard InChI is InChI=1S/C26H32N2O5.C22H24N2O5/c1-5-23(29)28(16-24(30)33-26(2,3)4)15-14-27-25(31)32-17-22-20-12-8-6-10-18(20)19-11-7-9-13-21(19)22;1-2-20(25)24(13-21(26)27)12-11-23-22(28)29-14-19-17-9-5-3-7-15(17)16-8-4-6-10-18(16)19/h6-13,22H,5,14-17H2,1-4H3,(H,27,31);3-10,19H,2,11-14H2,1H3,(H,23,28)(H,26,27). The van der Waals surface area contributed by atoms with Gasteiger partial charge in [-0.1, -0.05) is 111 Å². The molecule has 328 valence electrons. The van der Waals surface area contributed by atoms with Crippen LogP contribution in [0.1, 0.15) is 81.5 Å². The van der Waals surface area contributed by atoms with Crippen LogP contribution < -0.4 is 10.6 Å². The van der Waals surface area contributed by atoms with Crippen molar-refractivity contribution in [1.82, 2.24) is 20.4 Å². The molecular formula is C48H56N4O10. The molecule has 0 saturated heterocycles. The number of hydrogen-bond donors (Lipinski definition) is 3. The van der Waals surface area contributed by atoms with Crippen LogP contribution in [0.15, 0.2) is 97.1 Å². The first-order valence-corrected chi connectivity index (χ1v) is 20.9. The summed E-state index contributed by atoms with van der Waals surface area (Å²) >= 11 is 0. The molecule has 0 aliphatic heterocycles. The Morgan fingerprint density at radius 1 is 0.565 bits per heavy atom. The Balaban J connectivity index is 0.000000236. The molecule has 0 heterocycles. The Morgan fingerprint density at radius 2 is 0.903 bits per heavy atom. The molecule has 0 atom stereocenters. The van der Waals surface area contributed by atoms with Crippen LogP contribution in [0.4, 0.5) is 9.59 Å². The molecule has 14 nitrogen and oxygen atoms in total. The lowest BCUT2D eigenvalue weighted by Crippen LogP contribution is -2.42. The number of nitrogens with one attached hydrogen (secondary N) is 2. The van der Waals surface area contributed by atoms with E-state index in [0.717, 1.165) is 44.5 Å². The van der Waals surface area contributed by atoms with E-state index in [9.17, 15) is 28.8 Å². The summed E-state index contributed by atoms with van der Waals surface area (Å²) in [6.45, 7) is 9.18. The number of ether oxygens (including phenoxy) is 3. The number of aliphatic carboxylic acids is 1. The zero-order valence-electron chi connectivity index (χ0n) is 36.0. The first-order valence-electron chi connectivity index (χ1n) is 20.9. The van der Waals surface area contributed by atoms with Gasteiger partial charge in [-0.25, -0.2) is 9.59 Å². The first-order chi connectivity index (χ1) is 29.7. The maximum atomic E-state index is 12.3. The zero-order chi connectivity index (χ0) is 44.8. The second kappa shape index (κ2) is 21.7. The average Bonchev–Trinajstić information content (AvgIpc) is 3.75. The van der Waals surface area contributed by atoms with Crippen LogP contribution in [0.5, 0.6) is 0 Å². The highest BCUT2D eigenvalue weighted by molar-refractivity contribution is 5.83. The van der Waals surface area contributed by atoms with Crippen molar-refractivity contribution in [2.45, 2.75) is 64.9 Å². The minimum atomic E-state index is -1.09. The van der Waals surface area contributed by atoms with Gasteiger partial charge in [-0.15, -0.1) is 0 Å². The van der Waals surface area contributed by atoms with E-state index in [1.165, 1.54) is 9.80 Å². The monoisotopic (exact) mass is 848 g/mol. The van der Waals surface area contributed by atoms with Gasteiger partial charge in [-0.3, -0.25) is 19.2 Å². The van der Waals surface area contributed by atoms with Crippen molar-refractivity contribution in [3.63, 3.8) is 0 Å². The first kappa shape index (κ1) is 46.4. The Hall–Kier alpha value is -6.70. The topological polar surface area (TPSA) is 181 Å². The lowest BCUT2D eigenvalue weighted by molar-refractivity contribution is -0.158. The fraction of sp³-hybridized carbons (Fsp3) is 0.375. The van der Waals surface area contributed by atoms with Crippen molar-refractivity contribution in [2.75, 3.05) is 52.5 Å². The van der Waals surface area contributed by atoms with Gasteiger partial charge in [-0.2, -0.15) is 0 Å². The molecule has 6 rings (SSSR count). The number of amides is 4. The number of carbonyl (C=O) groups excluding carboxylic acids is 5. The van der Waals surface area contributed by atoms with Gasteiger partial charge in [0.25, 0.3) is 0 Å². The third-order valence-electron chi connectivity index (χ3n) is 10.4. The maximum Gasteiger partial charge on any atom is 0.407 e. The molecule has 4 aromatic carbocycles. The van der Waals surface area contributed by atoms with E-state index in [0.29, 0.717) is 0 Å². The molecule has 0 spiro atoms. The fourth-order valence-electron chi connectivity index (χ4n) is 7.61. The third-order valence-corrected chi connectivity index (χ3v) is 10.4. The summed E-state index contributed by atoms with van der Waals surface area (Å²) in [4.78, 5) is 74.0. The summed E-state index contributed by atoms with van der Waals surface area (Å²) in [7, 11) is 0. The van der Waals surface area contributed by atoms with Gasteiger partial charge < -0.3 is 39.8 Å². The van der Waals surface area contributed by atoms with Crippen LogP contribution in [-0.4, -0.2) is 109 Å². The lowest BCUT2D eigenvalue weighted by Gasteiger charge is -2.25. The van der Waals surface area contributed by atoms with Crippen LogP contribution in [0.25, 0.3) is 22.3 Å². The summed E-state index contributed by atoms with van der Waals surface area (Å²) in [6, 6.07) is 32.4. The predicted octanol–water partition coefficient (Wildman–Crippen LogP) is 6.95. The van der Waals surface area contributed by atoms with Gasteiger partial charge in [0.05, 0.1) is 0 Å². The number of rotatable bonds is 16. The van der Waals surface area contributed by atoms with E-state index in [-0.39, 0.29) is 89.0 Å². The normalized spacial score (nSPS) is 12.3. The second-order valence-corrected chi connectivity index (χ2v) is 15.8. The molecule has 62 heavy (non-hydrogen) atoms. The van der Waals surface area contributed by atoms with Crippen LogP contribution in [-0.2, 0) is 33.4 Å². The van der Waals surface area contributed by atoms with Crippen LogP contribution in [0, 0.1) is 0 Å². The summed E-state index contributed by atoms with van der Waals surface area (Å²) in [5, 5.41) is 14.2. The van der Waals surface area contributed by atoms with Crippen molar-refractivity contribution >= 4 is 35.9 Å². The Labute approximate surface area is 362 Å². The largest absolute Gasteiger partial charge is 0.480 e. The lowest BCUT2D eigenvalue weighted by atomic mass is 9.98. The quantitative estimate of drug-likeness (QED) is 0.0789. The zero-order valence-corrected chi connectivity index (χ0v) is 36.0. The molecule has 14 heteroatoms. The second-order valence-electron chi connectivity index (χ2n) is 15.8. The van der Waals surface area contributed by atoms with Gasteiger partial charge >= 0.3 is 24.1 Å². The molecule has 4 aromatic rings. The van der Waals surface area contributed by atoms with Crippen LogP contribution in [0.3, 0.4) is 0 Å². The number of hydrogen-bond acceptors (Lipinski definition) is 9. The van der Waals surface area contributed by atoms with Crippen molar-refractivity contribution in [1.29, 1.82) is 0 Å². The number of benzene rings is 4. The van der Waals surface area contributed by atoms with Crippen LogP contribution in [0.2, 0.25) is 0 Å². The van der Waals surface area contributed by atoms with E-state index >= 15 is 0 Å². The summed E-state index contributed by atoms with van der Waals surface area (Å²) in [5.74, 6) is -2.08. The van der Waals surface area contributed by atoms with Gasteiger partial charge in [0.15, 0.2) is 0 Å². The van der Waals surface area contributed by atoms with Crippen molar-refractivity contribution < 1.29 is 48.1 Å². The Morgan fingerprint density at radius 3 is 1.23 bits per heavy atom. The van der Waals surface area contributed by atoms with E-state index in [4.69, 9.17) is 19.3 Å². The highest BCUT2D eigenvalue weighted by atomic mass is 16.6. The minimum absolute atomic E-state index is 0.0199. The van der Waals surface area contributed by atoms with Crippen molar-refractivity contribution in [3.8, 4) is 22.3 Å². The van der Waals surface area contributed by atoms with E-state index < -0.39 is 29.7 Å². The molecule has 0 unspecified atom stereocenters. The molecule has 2 aliphatic rings. The highest BCUT2D eigenvalue weighted by Gasteiger charge is 2.30. The number of carboxylic acid groups (broad SMARTS) is 1. The van der Waals surface area contributed by atoms with Crippen molar-refractivity contribution in [3.05, 3.63) is 119 Å². The number of carboxylic acids is 1. The molecule has 4 amide bonds. The number of fused-ring (bicyclic) bond motifs is 6. The average molecular weight is 849 g/mol. The summed E-state index contributed by atoms with van der Waals surface area (Å²) in [6.07, 6.45) is -0.685. The Kier molecular flexibility index (Phi) is 16.2. The van der Waals surface area contributed by atoms with Crippen molar-refractivity contribution in [2.24, 2.45) is 0 Å². The maximum absolute atomic E-state index is 12.3. The highest BCUT2D eigenvalue weighted by Crippen LogP contribution is 2.45. The molecule has 2 aliphatic carbocycles. The predicted molar refractivity (Wildman–Crippen MR) is 233 cm³/mol. The molecular weight excluding hydrogens is 793 g/mol. The third kappa shape index (κ3) is 12.4. The molecule has 0 saturated carbocycles. The number of alkyl carbamates (subject to hydrolysis) is 2. The summed E-state index contributed by atoms with van der Waals surface area (Å²) < 4.78 is 16.2. The molecule has 3 N–H and O–H groups in total. The fourth-order valence-corrected chi connectivity index (χ4v) is 7.61. The van der Waals surface area contributed by atoms with Gasteiger partial charge in [0, 0.05) is 50.9 Å². The summed E-state index contributed by atoms with van der Waals surface area (Å²) in [5.41, 5.74) is 8.55. The number of carbonyl (C=O) groups is 6. The van der Waals surface area contributed by atoms with Crippen LogP contribution >= 0.6 is 0 Å². The number of nitrogens with zero attached hydrogens (tertiary/aromatic N) is 2. The molecule has 0 bridgehead atoms. The van der Waals surface area contributed by atoms with Gasteiger partial charge in [0.2, 0.25) is 11.8 Å². The molecule has 0 aromatic heterocycles. The van der Waals surface area contributed by atoms with Gasteiger partial charge in [-0.05, 0) is 65.3 Å². The van der Waals surface area contributed by atoms with E-state index in [1.807, 2.05) is 60.7 Å². The van der Waals surface area contributed by atoms with E-state index in [1.54, 1.807) is 34.6 Å². The number of esters is 1.